The molecule has 0 fully saturated rings. The molecule has 1 unspecified atom stereocenters. The first-order valence-electron chi connectivity index (χ1n) is 4.12. The maximum atomic E-state index is 12.8. The van der Waals surface area contributed by atoms with Crippen molar-refractivity contribution >= 4 is 17.3 Å². The topological polar surface area (TPSA) is 81.1 Å². The van der Waals surface area contributed by atoms with Crippen LogP contribution in [0.3, 0.4) is 0 Å². The number of nitrogens with one attached hydrogen (secondary N) is 1. The van der Waals surface area contributed by atoms with Gasteiger partial charge in [-0.15, -0.1) is 0 Å². The van der Waals surface area contributed by atoms with Crippen LogP contribution in [0.15, 0.2) is 18.2 Å². The first-order chi connectivity index (χ1) is 6.50. The second-order valence-corrected chi connectivity index (χ2v) is 3.01. The van der Waals surface area contributed by atoms with Gasteiger partial charge >= 0.3 is 0 Å². The third-order valence-corrected chi connectivity index (χ3v) is 1.69. The molecule has 0 spiro atoms. The normalized spacial score (nSPS) is 12.2. The second kappa shape index (κ2) is 4.06. The van der Waals surface area contributed by atoms with Gasteiger partial charge in [0.2, 0.25) is 5.91 Å². The molecule has 1 amide bonds. The van der Waals surface area contributed by atoms with Gasteiger partial charge in [0.05, 0.1) is 17.4 Å². The summed E-state index contributed by atoms with van der Waals surface area (Å²) in [5.74, 6) is -0.860. The lowest BCUT2D eigenvalue weighted by atomic mass is 10.2. The lowest BCUT2D eigenvalue weighted by molar-refractivity contribution is -0.117. The number of nitrogens with two attached hydrogens (primary N) is 2. The summed E-state index contributed by atoms with van der Waals surface area (Å²) in [5.41, 5.74) is 11.4. The summed E-state index contributed by atoms with van der Waals surface area (Å²) in [6, 6.07) is 3.09. The number of carbonyl (C=O) groups is 1. The van der Waals surface area contributed by atoms with E-state index in [4.69, 9.17) is 11.5 Å². The summed E-state index contributed by atoms with van der Waals surface area (Å²) < 4.78 is 12.8. The molecule has 5 N–H and O–H groups in total. The molecule has 4 nitrogen and oxygen atoms in total. The zero-order valence-electron chi connectivity index (χ0n) is 7.75. The largest absolute Gasteiger partial charge is 0.397 e. The van der Waals surface area contributed by atoms with Gasteiger partial charge in [0, 0.05) is 0 Å². The molecule has 14 heavy (non-hydrogen) atoms. The Hall–Kier alpha value is -1.62. The molecule has 0 radical (unpaired) electrons. The first kappa shape index (κ1) is 10.5. The summed E-state index contributed by atoms with van der Waals surface area (Å²) in [5, 5.41) is 2.42. The molecule has 1 aromatic rings. The molecule has 0 saturated heterocycles. The van der Waals surface area contributed by atoms with Crippen molar-refractivity contribution in [3.8, 4) is 0 Å². The maximum absolute atomic E-state index is 12.8. The highest BCUT2D eigenvalue weighted by atomic mass is 19.1. The molecule has 0 aromatic heterocycles. The smallest absolute Gasteiger partial charge is 0.241 e. The van der Waals surface area contributed by atoms with Crippen molar-refractivity contribution in [3.63, 3.8) is 0 Å². The van der Waals surface area contributed by atoms with Crippen molar-refractivity contribution in [2.24, 2.45) is 5.73 Å². The number of hydrogen-bond donors (Lipinski definition) is 3. The van der Waals surface area contributed by atoms with E-state index in [2.05, 4.69) is 5.32 Å². The van der Waals surface area contributed by atoms with Crippen molar-refractivity contribution in [1.82, 2.24) is 0 Å². The van der Waals surface area contributed by atoms with Crippen LogP contribution in [0.4, 0.5) is 15.8 Å². The Morgan fingerprint density at radius 1 is 1.57 bits per heavy atom. The molecule has 0 aliphatic heterocycles. The first-order valence-corrected chi connectivity index (χ1v) is 4.12. The molecule has 0 aliphatic rings. The fourth-order valence-corrected chi connectivity index (χ4v) is 0.883. The van der Waals surface area contributed by atoms with Crippen molar-refractivity contribution in [2.45, 2.75) is 13.0 Å². The van der Waals surface area contributed by atoms with Gasteiger partial charge in [-0.25, -0.2) is 4.39 Å². The predicted octanol–water partition coefficient (Wildman–Crippen LogP) is 0.694. The minimum Gasteiger partial charge on any atom is -0.397 e. The van der Waals surface area contributed by atoms with E-state index in [1.807, 2.05) is 0 Å². The Morgan fingerprint density at radius 3 is 2.79 bits per heavy atom. The molecule has 0 saturated carbocycles. The quantitative estimate of drug-likeness (QED) is 0.610. The lowest BCUT2D eigenvalue weighted by Crippen LogP contribution is -2.32. The Labute approximate surface area is 81.1 Å². The Balaban J connectivity index is 2.86. The molecule has 0 heterocycles. The number of benzene rings is 1. The van der Waals surface area contributed by atoms with E-state index in [-0.39, 0.29) is 5.69 Å². The highest BCUT2D eigenvalue weighted by molar-refractivity contribution is 5.96. The highest BCUT2D eigenvalue weighted by Gasteiger charge is 2.09. The standard InChI is InChI=1S/C9H12FN3O/c1-5(11)9(14)13-8-4-6(10)2-3-7(8)12/h2-5H,11-12H2,1H3,(H,13,14). The van der Waals surface area contributed by atoms with Gasteiger partial charge in [-0.3, -0.25) is 4.79 Å². The van der Waals surface area contributed by atoms with E-state index >= 15 is 0 Å². The Morgan fingerprint density at radius 2 is 2.21 bits per heavy atom. The van der Waals surface area contributed by atoms with Crippen molar-refractivity contribution < 1.29 is 9.18 Å². The summed E-state index contributed by atoms with van der Waals surface area (Å²) in [7, 11) is 0. The van der Waals surface area contributed by atoms with Crippen molar-refractivity contribution in [1.29, 1.82) is 0 Å². The number of halogens is 1. The Kier molecular flexibility index (Phi) is 3.03. The van der Waals surface area contributed by atoms with Crippen LogP contribution < -0.4 is 16.8 Å². The average Bonchev–Trinajstić information content (AvgIpc) is 2.11. The molecule has 76 valence electrons. The van der Waals surface area contributed by atoms with Gasteiger partial charge in [-0.2, -0.15) is 0 Å². The van der Waals surface area contributed by atoms with Gasteiger partial charge in [0.25, 0.3) is 0 Å². The number of hydrogen-bond acceptors (Lipinski definition) is 3. The van der Waals surface area contributed by atoms with Crippen LogP contribution in [0.2, 0.25) is 0 Å². The van der Waals surface area contributed by atoms with Crippen LogP contribution in [0.25, 0.3) is 0 Å². The zero-order valence-corrected chi connectivity index (χ0v) is 7.75. The van der Waals surface area contributed by atoms with E-state index in [1.54, 1.807) is 0 Å². The molecule has 1 atom stereocenters. The molecular formula is C9H12FN3O. The third kappa shape index (κ3) is 2.43. The molecule has 1 aromatic carbocycles. The summed E-state index contributed by atoms with van der Waals surface area (Å²) >= 11 is 0. The number of nitrogen functional groups attached to an aromatic ring is 1. The molecular weight excluding hydrogens is 185 g/mol. The van der Waals surface area contributed by atoms with Gasteiger partial charge in [-0.05, 0) is 25.1 Å². The second-order valence-electron chi connectivity index (χ2n) is 3.01. The fraction of sp³-hybridized carbons (Fsp3) is 0.222. The van der Waals surface area contributed by atoms with Gasteiger partial charge in [0.1, 0.15) is 5.82 Å². The minimum absolute atomic E-state index is 0.243. The van der Waals surface area contributed by atoms with E-state index in [0.29, 0.717) is 5.69 Å². The summed E-state index contributed by atoms with van der Waals surface area (Å²) in [6.45, 7) is 1.53. The molecule has 0 aliphatic carbocycles. The summed E-state index contributed by atoms with van der Waals surface area (Å²) in [4.78, 5) is 11.2. The van der Waals surface area contributed by atoms with E-state index in [0.717, 1.165) is 6.07 Å². The highest BCUT2D eigenvalue weighted by Crippen LogP contribution is 2.18. The van der Waals surface area contributed by atoms with Crippen molar-refractivity contribution in [2.75, 3.05) is 11.1 Å². The fourth-order valence-electron chi connectivity index (χ4n) is 0.883. The van der Waals surface area contributed by atoms with Crippen LogP contribution >= 0.6 is 0 Å². The van der Waals surface area contributed by atoms with E-state index < -0.39 is 17.8 Å². The van der Waals surface area contributed by atoms with Crippen molar-refractivity contribution in [3.05, 3.63) is 24.0 Å². The number of carbonyl (C=O) groups excluding carboxylic acids is 1. The third-order valence-electron chi connectivity index (χ3n) is 1.69. The van der Waals surface area contributed by atoms with E-state index in [1.165, 1.54) is 19.1 Å². The van der Waals surface area contributed by atoms with E-state index in [9.17, 15) is 9.18 Å². The number of amides is 1. The number of anilines is 2. The minimum atomic E-state index is -0.655. The zero-order chi connectivity index (χ0) is 10.7. The van der Waals surface area contributed by atoms with Crippen LogP contribution in [0.5, 0.6) is 0 Å². The van der Waals surface area contributed by atoms with Gasteiger partial charge < -0.3 is 16.8 Å². The van der Waals surface area contributed by atoms with Crippen LogP contribution in [0, 0.1) is 5.82 Å². The molecule has 5 heteroatoms. The van der Waals surface area contributed by atoms with Crippen LogP contribution in [-0.2, 0) is 4.79 Å². The SMILES string of the molecule is CC(N)C(=O)Nc1cc(F)ccc1N. The van der Waals surface area contributed by atoms with Crippen LogP contribution in [0.1, 0.15) is 6.92 Å². The average molecular weight is 197 g/mol. The number of rotatable bonds is 2. The Bertz CT molecular complexity index is 352. The molecule has 1 rings (SSSR count). The maximum Gasteiger partial charge on any atom is 0.241 e. The lowest BCUT2D eigenvalue weighted by Gasteiger charge is -2.09. The van der Waals surface area contributed by atoms with Gasteiger partial charge in [0.15, 0.2) is 0 Å². The van der Waals surface area contributed by atoms with Gasteiger partial charge in [-0.1, -0.05) is 0 Å². The monoisotopic (exact) mass is 197 g/mol. The molecule has 0 bridgehead atoms. The summed E-state index contributed by atoms with van der Waals surface area (Å²) in [6.07, 6.45) is 0. The van der Waals surface area contributed by atoms with Crippen LogP contribution in [-0.4, -0.2) is 11.9 Å². The predicted molar refractivity (Wildman–Crippen MR) is 53.1 cm³/mol.